The zero-order valence-electron chi connectivity index (χ0n) is 11.4. The minimum atomic E-state index is 0.215. The van der Waals surface area contributed by atoms with Crippen LogP contribution in [0, 0.1) is 0 Å². The van der Waals surface area contributed by atoms with E-state index in [0.717, 1.165) is 5.56 Å². The summed E-state index contributed by atoms with van der Waals surface area (Å²) in [6.45, 7) is 0.598. The van der Waals surface area contributed by atoms with Gasteiger partial charge in [0.05, 0.1) is 12.1 Å². The number of likely N-dealkylation sites (N-methyl/N-ethyl adjacent to an activating group) is 1. The van der Waals surface area contributed by atoms with E-state index in [1.807, 2.05) is 23.9 Å². The summed E-state index contributed by atoms with van der Waals surface area (Å²) in [5.41, 5.74) is 7.13. The number of nitrogens with zero attached hydrogens (tertiary/aromatic N) is 1. The van der Waals surface area contributed by atoms with Crippen molar-refractivity contribution in [1.82, 2.24) is 4.90 Å². The van der Waals surface area contributed by atoms with Gasteiger partial charge in [0.25, 0.3) is 0 Å². The lowest BCUT2D eigenvalue weighted by atomic mass is 10.0. The van der Waals surface area contributed by atoms with Crippen molar-refractivity contribution < 1.29 is 4.74 Å². The topological polar surface area (TPSA) is 38.5 Å². The Morgan fingerprint density at radius 2 is 2.37 bits per heavy atom. The number of ether oxygens (including phenoxy) is 1. The van der Waals surface area contributed by atoms with Gasteiger partial charge in [0.2, 0.25) is 0 Å². The average molecular weight is 301 g/mol. The van der Waals surface area contributed by atoms with Crippen LogP contribution in [0.15, 0.2) is 18.2 Å². The molecule has 1 heterocycles. The summed E-state index contributed by atoms with van der Waals surface area (Å²) in [6.07, 6.45) is 1.24. The van der Waals surface area contributed by atoms with Gasteiger partial charge < -0.3 is 10.5 Å². The third kappa shape index (κ3) is 3.37. The Balaban J connectivity index is 2.18. The van der Waals surface area contributed by atoms with Crippen LogP contribution in [0.5, 0.6) is 5.75 Å². The molecule has 1 fully saturated rings. The molecule has 0 aromatic heterocycles. The quantitative estimate of drug-likeness (QED) is 0.907. The molecule has 1 aromatic rings. The second kappa shape index (κ2) is 6.84. The molecule has 0 bridgehead atoms. The Morgan fingerprint density at radius 1 is 1.58 bits per heavy atom. The van der Waals surface area contributed by atoms with Crippen molar-refractivity contribution in [2.24, 2.45) is 5.73 Å². The monoisotopic (exact) mass is 300 g/mol. The number of methoxy groups -OCH3 is 1. The lowest BCUT2D eigenvalue weighted by Gasteiger charge is -2.32. The first kappa shape index (κ1) is 15.0. The fraction of sp³-hybridized carbons (Fsp3) is 0.571. The zero-order chi connectivity index (χ0) is 13.8. The molecule has 19 heavy (non-hydrogen) atoms. The molecule has 0 aliphatic carbocycles. The molecule has 1 aromatic carbocycles. The number of benzene rings is 1. The van der Waals surface area contributed by atoms with Crippen molar-refractivity contribution in [3.05, 3.63) is 28.8 Å². The highest BCUT2D eigenvalue weighted by Gasteiger charge is 2.26. The van der Waals surface area contributed by atoms with Crippen LogP contribution < -0.4 is 10.5 Å². The Kier molecular flexibility index (Phi) is 5.39. The minimum Gasteiger partial charge on any atom is -0.495 e. The van der Waals surface area contributed by atoms with Crippen LogP contribution in [0.4, 0.5) is 0 Å². The summed E-state index contributed by atoms with van der Waals surface area (Å²) in [7, 11) is 3.79. The van der Waals surface area contributed by atoms with E-state index >= 15 is 0 Å². The van der Waals surface area contributed by atoms with Crippen molar-refractivity contribution in [3.63, 3.8) is 0 Å². The maximum atomic E-state index is 6.21. The number of rotatable bonds is 5. The molecule has 1 aliphatic heterocycles. The lowest BCUT2D eigenvalue weighted by Crippen LogP contribution is -2.38. The summed E-state index contributed by atoms with van der Waals surface area (Å²) < 4.78 is 5.19. The van der Waals surface area contributed by atoms with Gasteiger partial charge in [-0.05, 0) is 36.9 Å². The molecule has 2 N–H and O–H groups in total. The second-order valence-electron chi connectivity index (χ2n) is 4.83. The highest BCUT2D eigenvalue weighted by Crippen LogP contribution is 2.32. The van der Waals surface area contributed by atoms with Gasteiger partial charge in [-0.25, -0.2) is 0 Å². The van der Waals surface area contributed by atoms with E-state index in [9.17, 15) is 0 Å². The van der Waals surface area contributed by atoms with Crippen molar-refractivity contribution in [3.8, 4) is 5.75 Å². The number of hydrogen-bond acceptors (Lipinski definition) is 4. The summed E-state index contributed by atoms with van der Waals surface area (Å²) in [6, 6.07) is 6.76. The van der Waals surface area contributed by atoms with Gasteiger partial charge in [-0.2, -0.15) is 11.8 Å². The summed E-state index contributed by atoms with van der Waals surface area (Å²) >= 11 is 8.22. The van der Waals surface area contributed by atoms with Crippen LogP contribution in [0.3, 0.4) is 0 Å². The first-order valence-corrected chi connectivity index (χ1v) is 8.03. The van der Waals surface area contributed by atoms with Crippen LogP contribution in [-0.2, 0) is 0 Å². The molecular formula is C14H21ClN2OS. The Hall–Kier alpha value is -0.420. The highest BCUT2D eigenvalue weighted by molar-refractivity contribution is 7.99. The highest BCUT2D eigenvalue weighted by atomic mass is 35.5. The summed E-state index contributed by atoms with van der Waals surface area (Å²) in [5.74, 6) is 3.15. The smallest absolute Gasteiger partial charge is 0.137 e. The van der Waals surface area contributed by atoms with Crippen molar-refractivity contribution in [1.29, 1.82) is 0 Å². The molecule has 1 saturated heterocycles. The van der Waals surface area contributed by atoms with E-state index in [1.54, 1.807) is 7.11 Å². The number of thioether (sulfide) groups is 1. The van der Waals surface area contributed by atoms with Crippen LogP contribution >= 0.6 is 23.4 Å². The van der Waals surface area contributed by atoms with Gasteiger partial charge >= 0.3 is 0 Å². The molecule has 2 rings (SSSR count). The molecule has 5 heteroatoms. The Labute approximate surface area is 124 Å². The van der Waals surface area contributed by atoms with E-state index in [4.69, 9.17) is 22.1 Å². The van der Waals surface area contributed by atoms with Gasteiger partial charge in [-0.15, -0.1) is 0 Å². The molecule has 0 spiro atoms. The summed E-state index contributed by atoms with van der Waals surface area (Å²) in [4.78, 5) is 2.39. The number of halogens is 1. The first-order valence-electron chi connectivity index (χ1n) is 6.50. The predicted octanol–water partition coefficient (Wildman–Crippen LogP) is 2.79. The van der Waals surface area contributed by atoms with E-state index in [-0.39, 0.29) is 6.04 Å². The molecule has 3 nitrogen and oxygen atoms in total. The summed E-state index contributed by atoms with van der Waals surface area (Å²) in [5, 5.41) is 0.646. The number of hydrogen-bond donors (Lipinski definition) is 1. The predicted molar refractivity (Wildman–Crippen MR) is 83.3 cm³/mol. The van der Waals surface area contributed by atoms with Gasteiger partial charge in [0, 0.05) is 24.4 Å². The maximum Gasteiger partial charge on any atom is 0.137 e. The third-order valence-corrected chi connectivity index (χ3v) is 5.20. The molecule has 0 saturated carbocycles. The molecule has 1 aliphatic rings. The Bertz CT molecular complexity index is 424. The molecule has 0 amide bonds. The van der Waals surface area contributed by atoms with Crippen LogP contribution in [0.25, 0.3) is 0 Å². The third-order valence-electron chi connectivity index (χ3n) is 3.76. The van der Waals surface area contributed by atoms with Gasteiger partial charge in [0.1, 0.15) is 5.75 Å². The average Bonchev–Trinajstić information content (AvgIpc) is 2.93. The fourth-order valence-electron chi connectivity index (χ4n) is 2.53. The largest absolute Gasteiger partial charge is 0.495 e. The first-order chi connectivity index (χ1) is 9.17. The maximum absolute atomic E-state index is 6.21. The minimum absolute atomic E-state index is 0.215. The molecule has 106 valence electrons. The lowest BCUT2D eigenvalue weighted by molar-refractivity contribution is 0.193. The zero-order valence-corrected chi connectivity index (χ0v) is 13.0. The molecule has 2 unspecified atom stereocenters. The van der Waals surface area contributed by atoms with E-state index in [1.165, 1.54) is 17.9 Å². The SMILES string of the molecule is COc1ccc(C(CN)N(C)C2CCSC2)cc1Cl. The van der Waals surface area contributed by atoms with Gasteiger partial charge in [0.15, 0.2) is 0 Å². The van der Waals surface area contributed by atoms with Crippen LogP contribution in [-0.4, -0.2) is 43.1 Å². The van der Waals surface area contributed by atoms with E-state index in [2.05, 4.69) is 18.0 Å². The fourth-order valence-corrected chi connectivity index (χ4v) is 4.07. The van der Waals surface area contributed by atoms with E-state index in [0.29, 0.717) is 23.4 Å². The normalized spacial score (nSPS) is 20.8. The van der Waals surface area contributed by atoms with Crippen molar-refractivity contribution >= 4 is 23.4 Å². The molecule has 2 atom stereocenters. The number of nitrogens with two attached hydrogens (primary N) is 1. The van der Waals surface area contributed by atoms with Crippen molar-refractivity contribution in [2.45, 2.75) is 18.5 Å². The molecular weight excluding hydrogens is 280 g/mol. The standard InChI is InChI=1S/C14H21ClN2OS/c1-17(11-5-6-19-9-11)13(8-16)10-3-4-14(18-2)12(15)7-10/h3-4,7,11,13H,5-6,8-9,16H2,1-2H3. The van der Waals surface area contributed by atoms with Gasteiger partial charge in [-0.1, -0.05) is 17.7 Å². The van der Waals surface area contributed by atoms with E-state index < -0.39 is 0 Å². The second-order valence-corrected chi connectivity index (χ2v) is 6.39. The Morgan fingerprint density at radius 3 is 2.89 bits per heavy atom. The van der Waals surface area contributed by atoms with Gasteiger partial charge in [-0.3, -0.25) is 4.90 Å². The molecule has 0 radical (unpaired) electrons. The van der Waals surface area contributed by atoms with Crippen molar-refractivity contribution in [2.75, 3.05) is 32.2 Å². The van der Waals surface area contributed by atoms with Crippen LogP contribution in [0.2, 0.25) is 5.02 Å². The van der Waals surface area contributed by atoms with Crippen LogP contribution in [0.1, 0.15) is 18.0 Å².